The lowest BCUT2D eigenvalue weighted by molar-refractivity contribution is 0.168. The average Bonchev–Trinajstić information content (AvgIpc) is 2.53. The Labute approximate surface area is 129 Å². The van der Waals surface area contributed by atoms with Crippen LogP contribution in [0.25, 0.3) is 0 Å². The van der Waals surface area contributed by atoms with Crippen LogP contribution in [0.2, 0.25) is 0 Å². The van der Waals surface area contributed by atoms with Gasteiger partial charge < -0.3 is 10.1 Å². The van der Waals surface area contributed by atoms with Crippen molar-refractivity contribution < 1.29 is 4.74 Å². The van der Waals surface area contributed by atoms with E-state index < -0.39 is 0 Å². The van der Waals surface area contributed by atoms with Gasteiger partial charge in [-0.2, -0.15) is 0 Å². The maximum atomic E-state index is 5.31. The Morgan fingerprint density at radius 2 is 2.00 bits per heavy atom. The molecule has 0 radical (unpaired) electrons. The van der Waals surface area contributed by atoms with Crippen molar-refractivity contribution in [1.82, 2.24) is 10.2 Å². The molecular formula is C18H30N2O. The highest BCUT2D eigenvalue weighted by molar-refractivity contribution is 5.28. The second-order valence-corrected chi connectivity index (χ2v) is 6.23. The van der Waals surface area contributed by atoms with Crippen molar-refractivity contribution in [2.75, 3.05) is 20.7 Å². The van der Waals surface area contributed by atoms with Crippen LogP contribution in [0.3, 0.4) is 0 Å². The van der Waals surface area contributed by atoms with Gasteiger partial charge in [-0.1, -0.05) is 19.1 Å². The van der Waals surface area contributed by atoms with Crippen LogP contribution in [0.4, 0.5) is 0 Å². The van der Waals surface area contributed by atoms with Crippen LogP contribution in [0, 0.1) is 0 Å². The molecule has 0 amide bonds. The molecule has 21 heavy (non-hydrogen) atoms. The lowest BCUT2D eigenvalue weighted by Gasteiger charge is -2.35. The summed E-state index contributed by atoms with van der Waals surface area (Å²) in [5.41, 5.74) is 1.34. The first kappa shape index (κ1) is 16.3. The molecule has 0 bridgehead atoms. The van der Waals surface area contributed by atoms with Gasteiger partial charge in [-0.3, -0.25) is 4.90 Å². The molecule has 3 nitrogen and oxygen atoms in total. The van der Waals surface area contributed by atoms with E-state index in [-0.39, 0.29) is 0 Å². The summed E-state index contributed by atoms with van der Waals surface area (Å²) in [5.74, 6) is 0.952. The molecule has 1 fully saturated rings. The lowest BCUT2D eigenvalue weighted by Crippen LogP contribution is -2.40. The summed E-state index contributed by atoms with van der Waals surface area (Å²) >= 11 is 0. The first-order valence-corrected chi connectivity index (χ1v) is 8.29. The van der Waals surface area contributed by atoms with E-state index in [0.29, 0.717) is 0 Å². The molecule has 2 rings (SSSR count). The summed E-state index contributed by atoms with van der Waals surface area (Å²) in [5, 5.41) is 3.66. The fourth-order valence-electron chi connectivity index (χ4n) is 3.26. The standard InChI is InChI=1S/C18H30N2O/c1-4-12-19-16-8-10-17(11-9-16)20(2)14-15-6-5-7-18(13-15)21-3/h5-7,13,16-17,19H,4,8-12,14H2,1-3H3. The Kier molecular flexibility index (Phi) is 6.52. The third-order valence-corrected chi connectivity index (χ3v) is 4.57. The quantitative estimate of drug-likeness (QED) is 0.832. The fourth-order valence-corrected chi connectivity index (χ4v) is 3.26. The van der Waals surface area contributed by atoms with E-state index in [4.69, 9.17) is 4.74 Å². The van der Waals surface area contributed by atoms with Gasteiger partial charge in [0.15, 0.2) is 0 Å². The molecule has 1 N–H and O–H groups in total. The lowest BCUT2D eigenvalue weighted by atomic mass is 9.90. The van der Waals surface area contributed by atoms with Crippen molar-refractivity contribution in [3.63, 3.8) is 0 Å². The molecule has 0 unspecified atom stereocenters. The molecule has 1 aromatic carbocycles. The number of nitrogens with zero attached hydrogens (tertiary/aromatic N) is 1. The minimum Gasteiger partial charge on any atom is -0.497 e. The van der Waals surface area contributed by atoms with Gasteiger partial charge in [-0.25, -0.2) is 0 Å². The van der Waals surface area contributed by atoms with E-state index in [1.807, 2.05) is 6.07 Å². The zero-order valence-corrected chi connectivity index (χ0v) is 13.8. The van der Waals surface area contributed by atoms with Crippen molar-refractivity contribution in [3.8, 4) is 5.75 Å². The van der Waals surface area contributed by atoms with Crippen molar-refractivity contribution in [2.45, 2.75) is 57.7 Å². The molecule has 0 heterocycles. The van der Waals surface area contributed by atoms with Crippen LogP contribution < -0.4 is 10.1 Å². The Morgan fingerprint density at radius 1 is 1.24 bits per heavy atom. The van der Waals surface area contributed by atoms with Gasteiger partial charge in [0, 0.05) is 18.6 Å². The molecule has 1 aliphatic rings. The predicted octanol–water partition coefficient (Wildman–Crippen LogP) is 3.44. The molecule has 0 aromatic heterocycles. The maximum Gasteiger partial charge on any atom is 0.119 e. The smallest absolute Gasteiger partial charge is 0.119 e. The minimum atomic E-state index is 0.718. The van der Waals surface area contributed by atoms with Crippen molar-refractivity contribution in [1.29, 1.82) is 0 Å². The van der Waals surface area contributed by atoms with Crippen LogP contribution in [0.15, 0.2) is 24.3 Å². The SMILES string of the molecule is CCCNC1CCC(N(C)Cc2cccc(OC)c2)CC1. The maximum absolute atomic E-state index is 5.31. The first-order chi connectivity index (χ1) is 10.2. The third kappa shape index (κ3) is 5.01. The van der Waals surface area contributed by atoms with Gasteiger partial charge in [0.05, 0.1) is 7.11 Å². The number of ether oxygens (including phenoxy) is 1. The van der Waals surface area contributed by atoms with E-state index in [1.165, 1.54) is 37.7 Å². The predicted molar refractivity (Wildman–Crippen MR) is 88.8 cm³/mol. The van der Waals surface area contributed by atoms with Gasteiger partial charge in [-0.05, 0) is 63.4 Å². The van der Waals surface area contributed by atoms with Crippen LogP contribution >= 0.6 is 0 Å². The molecule has 118 valence electrons. The van der Waals surface area contributed by atoms with E-state index in [0.717, 1.165) is 30.9 Å². The zero-order valence-electron chi connectivity index (χ0n) is 13.8. The fraction of sp³-hybridized carbons (Fsp3) is 0.667. The minimum absolute atomic E-state index is 0.718. The van der Waals surface area contributed by atoms with Crippen molar-refractivity contribution in [3.05, 3.63) is 29.8 Å². The number of hydrogen-bond acceptors (Lipinski definition) is 3. The highest BCUT2D eigenvalue weighted by Gasteiger charge is 2.23. The molecular weight excluding hydrogens is 260 g/mol. The summed E-state index contributed by atoms with van der Waals surface area (Å²) in [4.78, 5) is 2.50. The highest BCUT2D eigenvalue weighted by Crippen LogP contribution is 2.24. The number of benzene rings is 1. The van der Waals surface area contributed by atoms with Gasteiger partial charge in [0.25, 0.3) is 0 Å². The van der Waals surface area contributed by atoms with Crippen LogP contribution in [-0.4, -0.2) is 37.7 Å². The Balaban J connectivity index is 1.80. The highest BCUT2D eigenvalue weighted by atomic mass is 16.5. The van der Waals surface area contributed by atoms with Gasteiger partial charge >= 0.3 is 0 Å². The Hall–Kier alpha value is -1.06. The van der Waals surface area contributed by atoms with E-state index in [9.17, 15) is 0 Å². The molecule has 0 spiro atoms. The summed E-state index contributed by atoms with van der Waals surface area (Å²) in [6.07, 6.45) is 6.47. The monoisotopic (exact) mass is 290 g/mol. The summed E-state index contributed by atoms with van der Waals surface area (Å²) in [6, 6.07) is 9.88. The Bertz CT molecular complexity index is 413. The summed E-state index contributed by atoms with van der Waals surface area (Å²) in [6.45, 7) is 4.41. The Morgan fingerprint density at radius 3 is 2.67 bits per heavy atom. The molecule has 0 aliphatic heterocycles. The molecule has 1 aromatic rings. The van der Waals surface area contributed by atoms with Gasteiger partial charge in [0.2, 0.25) is 0 Å². The van der Waals surface area contributed by atoms with Crippen LogP contribution in [-0.2, 0) is 6.54 Å². The number of rotatable bonds is 7. The molecule has 0 atom stereocenters. The van der Waals surface area contributed by atoms with E-state index in [2.05, 4.69) is 42.4 Å². The number of nitrogens with one attached hydrogen (secondary N) is 1. The molecule has 3 heteroatoms. The molecule has 0 saturated heterocycles. The zero-order chi connectivity index (χ0) is 15.1. The molecule has 1 aliphatic carbocycles. The normalized spacial score (nSPS) is 22.5. The van der Waals surface area contributed by atoms with Gasteiger partial charge in [-0.15, -0.1) is 0 Å². The van der Waals surface area contributed by atoms with Gasteiger partial charge in [0.1, 0.15) is 5.75 Å². The summed E-state index contributed by atoms with van der Waals surface area (Å²) in [7, 11) is 3.98. The second kappa shape index (κ2) is 8.40. The van der Waals surface area contributed by atoms with Crippen molar-refractivity contribution >= 4 is 0 Å². The third-order valence-electron chi connectivity index (χ3n) is 4.57. The second-order valence-electron chi connectivity index (χ2n) is 6.23. The largest absolute Gasteiger partial charge is 0.497 e. The van der Waals surface area contributed by atoms with Crippen molar-refractivity contribution in [2.24, 2.45) is 0 Å². The van der Waals surface area contributed by atoms with Crippen LogP contribution in [0.5, 0.6) is 5.75 Å². The van der Waals surface area contributed by atoms with Crippen LogP contribution in [0.1, 0.15) is 44.6 Å². The topological polar surface area (TPSA) is 24.5 Å². The first-order valence-electron chi connectivity index (χ1n) is 8.29. The van der Waals surface area contributed by atoms with E-state index in [1.54, 1.807) is 7.11 Å². The number of methoxy groups -OCH3 is 1. The number of hydrogen-bond donors (Lipinski definition) is 1. The molecule has 1 saturated carbocycles. The van der Waals surface area contributed by atoms with E-state index >= 15 is 0 Å². The summed E-state index contributed by atoms with van der Waals surface area (Å²) < 4.78 is 5.31. The average molecular weight is 290 g/mol.